The van der Waals surface area contributed by atoms with Crippen molar-refractivity contribution in [2.24, 2.45) is 0 Å². The molecule has 9 heteroatoms. The summed E-state index contributed by atoms with van der Waals surface area (Å²) in [7, 11) is -3.55. The predicted octanol–water partition coefficient (Wildman–Crippen LogP) is 2.79. The normalized spacial score (nSPS) is 18.5. The van der Waals surface area contributed by atoms with Crippen LogP contribution in [0.2, 0.25) is 5.02 Å². The Hall–Kier alpha value is -2.71. The van der Waals surface area contributed by atoms with Crippen molar-refractivity contribution >= 4 is 39.2 Å². The van der Waals surface area contributed by atoms with Crippen LogP contribution in [0.25, 0.3) is 0 Å². The summed E-state index contributed by atoms with van der Waals surface area (Å²) in [5.41, 5.74) is 0.766. The number of hydrogen-bond donors (Lipinski definition) is 0. The zero-order valence-electron chi connectivity index (χ0n) is 16.7. The first-order valence-electron chi connectivity index (χ1n) is 10.0. The van der Waals surface area contributed by atoms with E-state index in [4.69, 9.17) is 11.6 Å². The molecular weight excluding hydrogens is 440 g/mol. The van der Waals surface area contributed by atoms with Crippen LogP contribution >= 0.6 is 11.6 Å². The molecule has 1 saturated heterocycles. The van der Waals surface area contributed by atoms with Crippen molar-refractivity contribution in [3.05, 3.63) is 64.7 Å². The minimum absolute atomic E-state index is 0.136. The van der Waals surface area contributed by atoms with Crippen LogP contribution in [-0.4, -0.2) is 60.8 Å². The molecule has 0 aliphatic carbocycles. The molecule has 0 N–H and O–H groups in total. The van der Waals surface area contributed by atoms with Crippen molar-refractivity contribution in [1.82, 2.24) is 9.80 Å². The smallest absolute Gasteiger partial charge is 0.261 e. The molecule has 2 aromatic carbocycles. The van der Waals surface area contributed by atoms with Gasteiger partial charge >= 0.3 is 0 Å². The molecule has 1 atom stereocenters. The average molecular weight is 461 g/mol. The summed E-state index contributed by atoms with van der Waals surface area (Å²) in [6.45, 7) is 0.651. The van der Waals surface area contributed by atoms with Crippen molar-refractivity contribution in [1.29, 1.82) is 0 Å². The maximum atomic E-state index is 12.8. The molecule has 0 saturated carbocycles. The number of likely N-dealkylation sites (tertiary alicyclic amines) is 1. The molecule has 1 unspecified atom stereocenters. The molecule has 162 valence electrons. The molecule has 1 fully saturated rings. The minimum atomic E-state index is -3.55. The standard InChI is InChI=1S/C22H21ClN2O5S/c23-15-7-9-16(10-8-15)31(29,30)17-11-13-24(14-17)20(26)6-3-12-25-21(27)18-4-1-2-5-19(18)22(25)28/h1-2,4-5,7-10,17H,3,6,11-14H2. The lowest BCUT2D eigenvalue weighted by molar-refractivity contribution is -0.130. The van der Waals surface area contributed by atoms with E-state index < -0.39 is 15.1 Å². The van der Waals surface area contributed by atoms with Gasteiger partial charge in [0.25, 0.3) is 11.8 Å². The summed E-state index contributed by atoms with van der Waals surface area (Å²) >= 11 is 5.83. The van der Waals surface area contributed by atoms with Crippen molar-refractivity contribution in [3.63, 3.8) is 0 Å². The predicted molar refractivity (Wildman–Crippen MR) is 115 cm³/mol. The Morgan fingerprint density at radius 2 is 1.61 bits per heavy atom. The lowest BCUT2D eigenvalue weighted by Crippen LogP contribution is -2.34. The monoisotopic (exact) mass is 460 g/mol. The third-order valence-electron chi connectivity index (χ3n) is 5.73. The number of imide groups is 1. The number of benzene rings is 2. The summed E-state index contributed by atoms with van der Waals surface area (Å²) in [6.07, 6.45) is 0.839. The minimum Gasteiger partial charge on any atom is -0.341 e. The lowest BCUT2D eigenvalue weighted by atomic mass is 10.1. The van der Waals surface area contributed by atoms with Gasteiger partial charge in [-0.25, -0.2) is 8.42 Å². The highest BCUT2D eigenvalue weighted by Crippen LogP contribution is 2.26. The molecule has 2 aromatic rings. The Bertz CT molecular complexity index is 1110. The molecule has 0 bridgehead atoms. The number of hydrogen-bond acceptors (Lipinski definition) is 5. The van der Waals surface area contributed by atoms with Gasteiger partial charge < -0.3 is 4.90 Å². The van der Waals surface area contributed by atoms with Crippen molar-refractivity contribution in [2.75, 3.05) is 19.6 Å². The first-order valence-corrected chi connectivity index (χ1v) is 11.9. The highest BCUT2D eigenvalue weighted by atomic mass is 35.5. The second kappa shape index (κ2) is 8.43. The van der Waals surface area contributed by atoms with Crippen LogP contribution in [0.4, 0.5) is 0 Å². The van der Waals surface area contributed by atoms with E-state index in [1.165, 1.54) is 24.3 Å². The highest BCUT2D eigenvalue weighted by Gasteiger charge is 2.37. The van der Waals surface area contributed by atoms with Gasteiger partial charge in [-0.3, -0.25) is 19.3 Å². The number of carbonyl (C=O) groups is 3. The summed E-state index contributed by atoms with van der Waals surface area (Å²) in [5.74, 6) is -0.864. The lowest BCUT2D eigenvalue weighted by Gasteiger charge is -2.18. The van der Waals surface area contributed by atoms with Crippen LogP contribution in [0, 0.1) is 0 Å². The molecule has 31 heavy (non-hydrogen) atoms. The van der Waals surface area contributed by atoms with E-state index in [1.807, 2.05) is 0 Å². The molecule has 7 nitrogen and oxygen atoms in total. The molecule has 4 rings (SSSR count). The maximum absolute atomic E-state index is 12.8. The second-order valence-electron chi connectivity index (χ2n) is 7.66. The third-order valence-corrected chi connectivity index (χ3v) is 8.17. The van der Waals surface area contributed by atoms with Crippen LogP contribution in [0.3, 0.4) is 0 Å². The van der Waals surface area contributed by atoms with Crippen molar-refractivity contribution in [2.45, 2.75) is 29.4 Å². The van der Waals surface area contributed by atoms with E-state index >= 15 is 0 Å². The van der Waals surface area contributed by atoms with Gasteiger partial charge in [-0.2, -0.15) is 0 Å². The van der Waals surface area contributed by atoms with E-state index in [2.05, 4.69) is 0 Å². The topological polar surface area (TPSA) is 91.8 Å². The Balaban J connectivity index is 1.31. The van der Waals surface area contributed by atoms with Crippen LogP contribution in [-0.2, 0) is 14.6 Å². The largest absolute Gasteiger partial charge is 0.341 e. The SMILES string of the molecule is O=C(CCCN1C(=O)c2ccccc2C1=O)N1CCC(S(=O)(=O)c2ccc(Cl)cc2)C1. The number of rotatable bonds is 6. The molecule has 0 spiro atoms. The van der Waals surface area contributed by atoms with E-state index in [0.29, 0.717) is 35.5 Å². The zero-order chi connectivity index (χ0) is 22.2. The van der Waals surface area contributed by atoms with Crippen LogP contribution < -0.4 is 0 Å². The van der Waals surface area contributed by atoms with Gasteiger partial charge in [0.15, 0.2) is 9.84 Å². The summed E-state index contributed by atoms with van der Waals surface area (Å²) in [5, 5.41) is -0.200. The zero-order valence-corrected chi connectivity index (χ0v) is 18.2. The first kappa shape index (κ1) is 21.5. The molecule has 3 amide bonds. The highest BCUT2D eigenvalue weighted by molar-refractivity contribution is 7.92. The number of carbonyl (C=O) groups excluding carboxylic acids is 3. The van der Waals surface area contributed by atoms with Gasteiger partial charge in [0.1, 0.15) is 0 Å². The summed E-state index contributed by atoms with van der Waals surface area (Å²) in [4.78, 5) is 40.2. The summed E-state index contributed by atoms with van der Waals surface area (Å²) < 4.78 is 25.6. The number of halogens is 1. The number of sulfone groups is 1. The fourth-order valence-electron chi connectivity index (χ4n) is 4.01. The van der Waals surface area contributed by atoms with Gasteiger partial charge in [0, 0.05) is 31.1 Å². The molecule has 2 heterocycles. The van der Waals surface area contributed by atoms with Gasteiger partial charge in [0.2, 0.25) is 5.91 Å². The van der Waals surface area contributed by atoms with Gasteiger partial charge in [-0.15, -0.1) is 0 Å². The fraction of sp³-hybridized carbons (Fsp3) is 0.318. The van der Waals surface area contributed by atoms with Crippen LogP contribution in [0.5, 0.6) is 0 Å². The first-order chi connectivity index (χ1) is 14.8. The molecular formula is C22H21ClN2O5S. The maximum Gasteiger partial charge on any atom is 0.261 e. The quantitative estimate of drug-likeness (QED) is 0.618. The Morgan fingerprint density at radius 3 is 2.23 bits per heavy atom. The van der Waals surface area contributed by atoms with Crippen molar-refractivity contribution in [3.8, 4) is 0 Å². The van der Waals surface area contributed by atoms with Crippen molar-refractivity contribution < 1.29 is 22.8 Å². The Kier molecular flexibility index (Phi) is 5.85. The molecule has 2 aliphatic heterocycles. The second-order valence-corrected chi connectivity index (χ2v) is 10.3. The van der Waals surface area contributed by atoms with E-state index in [9.17, 15) is 22.8 Å². The molecule has 2 aliphatic rings. The molecule has 0 radical (unpaired) electrons. The fourth-order valence-corrected chi connectivity index (χ4v) is 5.83. The molecule has 0 aromatic heterocycles. The summed E-state index contributed by atoms with van der Waals surface area (Å²) in [6, 6.07) is 12.7. The number of nitrogens with zero attached hydrogens (tertiary/aromatic N) is 2. The van der Waals surface area contributed by atoms with Crippen LogP contribution in [0.15, 0.2) is 53.4 Å². The third kappa shape index (κ3) is 4.09. The Morgan fingerprint density at radius 1 is 1.00 bits per heavy atom. The average Bonchev–Trinajstić information content (AvgIpc) is 3.35. The Labute approximate surface area is 185 Å². The number of fused-ring (bicyclic) bond motifs is 1. The van der Waals surface area contributed by atoms with E-state index in [0.717, 1.165) is 4.90 Å². The van der Waals surface area contributed by atoms with Gasteiger partial charge in [0.05, 0.1) is 21.3 Å². The van der Waals surface area contributed by atoms with E-state index in [-0.39, 0.29) is 42.1 Å². The van der Waals surface area contributed by atoms with Crippen LogP contribution in [0.1, 0.15) is 40.0 Å². The number of amides is 3. The van der Waals surface area contributed by atoms with Gasteiger partial charge in [-0.1, -0.05) is 23.7 Å². The van der Waals surface area contributed by atoms with E-state index in [1.54, 1.807) is 29.2 Å². The van der Waals surface area contributed by atoms with Gasteiger partial charge in [-0.05, 0) is 49.2 Å².